The van der Waals surface area contributed by atoms with Gasteiger partial charge in [-0.15, -0.1) is 0 Å². The van der Waals surface area contributed by atoms with E-state index in [0.29, 0.717) is 5.56 Å². The van der Waals surface area contributed by atoms with Gasteiger partial charge in [0.2, 0.25) is 5.91 Å². The van der Waals surface area contributed by atoms with Crippen LogP contribution in [0, 0.1) is 5.82 Å². The molecule has 0 aliphatic heterocycles. The number of rotatable bonds is 8. The van der Waals surface area contributed by atoms with Crippen molar-refractivity contribution in [3.8, 4) is 0 Å². The number of hydrogen-bond donors (Lipinski definition) is 3. The molecule has 0 radical (unpaired) electrons. The number of aliphatic hydroxyl groups is 1. The first kappa shape index (κ1) is 21.3. The molecule has 7 heteroatoms. The second-order valence-electron chi connectivity index (χ2n) is 7.19. The maximum atomic E-state index is 13.1. The van der Waals surface area contributed by atoms with E-state index in [1.54, 1.807) is 6.07 Å². The fraction of sp³-hybridized carbons (Fsp3) is 0.217. The summed E-state index contributed by atoms with van der Waals surface area (Å²) in [4.78, 5) is 25.3. The Morgan fingerprint density at radius 3 is 2.40 bits per heavy atom. The van der Waals surface area contributed by atoms with E-state index in [9.17, 15) is 19.1 Å². The Kier molecular flexibility index (Phi) is 6.64. The van der Waals surface area contributed by atoms with Crippen molar-refractivity contribution in [3.05, 3.63) is 95.7 Å². The van der Waals surface area contributed by atoms with Gasteiger partial charge in [0.15, 0.2) is 5.76 Å². The van der Waals surface area contributed by atoms with Gasteiger partial charge in [-0.1, -0.05) is 42.5 Å². The minimum atomic E-state index is -1.41. The molecule has 2 atom stereocenters. The number of hydrogen-bond acceptors (Lipinski definition) is 4. The van der Waals surface area contributed by atoms with Crippen molar-refractivity contribution >= 4 is 11.8 Å². The van der Waals surface area contributed by atoms with Gasteiger partial charge in [0.05, 0.1) is 12.8 Å². The Labute approximate surface area is 173 Å². The van der Waals surface area contributed by atoms with Gasteiger partial charge in [0.25, 0.3) is 5.91 Å². The van der Waals surface area contributed by atoms with E-state index in [-0.39, 0.29) is 18.7 Å². The molecule has 30 heavy (non-hydrogen) atoms. The first-order valence-electron chi connectivity index (χ1n) is 9.49. The molecular formula is C23H23FN2O4. The number of carbonyl (C=O) groups excluding carboxylic acids is 2. The van der Waals surface area contributed by atoms with Gasteiger partial charge in [-0.05, 0) is 42.3 Å². The lowest BCUT2D eigenvalue weighted by Gasteiger charge is -2.26. The zero-order valence-electron chi connectivity index (χ0n) is 16.5. The Balaban J connectivity index is 1.70. The molecule has 0 spiro atoms. The van der Waals surface area contributed by atoms with E-state index in [1.165, 1.54) is 43.5 Å². The molecule has 3 N–H and O–H groups in total. The van der Waals surface area contributed by atoms with E-state index in [2.05, 4.69) is 10.6 Å². The number of benzene rings is 2. The zero-order valence-corrected chi connectivity index (χ0v) is 16.5. The van der Waals surface area contributed by atoms with E-state index < -0.39 is 29.3 Å². The van der Waals surface area contributed by atoms with Gasteiger partial charge < -0.3 is 20.2 Å². The second kappa shape index (κ2) is 9.37. The summed E-state index contributed by atoms with van der Waals surface area (Å²) < 4.78 is 18.2. The maximum absolute atomic E-state index is 13.1. The smallest absolute Gasteiger partial charge is 0.287 e. The van der Waals surface area contributed by atoms with Gasteiger partial charge in [0.1, 0.15) is 17.5 Å². The summed E-state index contributed by atoms with van der Waals surface area (Å²) in [7, 11) is 0. The van der Waals surface area contributed by atoms with E-state index in [0.717, 1.165) is 5.56 Å². The molecule has 0 saturated carbocycles. The number of carbonyl (C=O) groups is 2. The van der Waals surface area contributed by atoms with Crippen LogP contribution in [0.1, 0.15) is 28.6 Å². The standard InChI is InChI=1S/C23H23FN2O4/c1-23(29,17-9-11-18(24)12-10-17)15-25-21(27)19(14-16-6-3-2-4-7-16)26-22(28)20-8-5-13-30-20/h2-13,19,29H,14-15H2,1H3,(H,25,27)(H,26,28). The van der Waals surface area contributed by atoms with Crippen molar-refractivity contribution in [2.45, 2.75) is 25.0 Å². The number of nitrogens with one attached hydrogen (secondary N) is 2. The zero-order chi connectivity index (χ0) is 21.6. The fourth-order valence-corrected chi connectivity index (χ4v) is 2.99. The van der Waals surface area contributed by atoms with Crippen molar-refractivity contribution < 1.29 is 23.5 Å². The normalized spacial score (nSPS) is 13.8. The highest BCUT2D eigenvalue weighted by molar-refractivity contribution is 5.95. The van der Waals surface area contributed by atoms with E-state index >= 15 is 0 Å². The number of halogens is 1. The Morgan fingerprint density at radius 1 is 1.07 bits per heavy atom. The summed E-state index contributed by atoms with van der Waals surface area (Å²) in [6, 6.07) is 16.9. The summed E-state index contributed by atoms with van der Waals surface area (Å²) in [6.07, 6.45) is 1.64. The minimum absolute atomic E-state index is 0.0965. The van der Waals surface area contributed by atoms with Crippen molar-refractivity contribution in [1.82, 2.24) is 10.6 Å². The molecule has 1 aromatic heterocycles. The predicted molar refractivity (Wildman–Crippen MR) is 109 cm³/mol. The molecule has 0 saturated heterocycles. The highest BCUT2D eigenvalue weighted by Gasteiger charge is 2.28. The fourth-order valence-electron chi connectivity index (χ4n) is 2.99. The van der Waals surface area contributed by atoms with Crippen molar-refractivity contribution in [3.63, 3.8) is 0 Å². The third-order valence-corrected chi connectivity index (χ3v) is 4.72. The van der Waals surface area contributed by atoms with Crippen molar-refractivity contribution in [2.24, 2.45) is 0 Å². The van der Waals surface area contributed by atoms with Crippen LogP contribution in [-0.2, 0) is 16.8 Å². The number of furan rings is 1. The molecule has 0 aliphatic rings. The van der Waals surface area contributed by atoms with Gasteiger partial charge in [-0.3, -0.25) is 9.59 Å². The Hall–Kier alpha value is -3.45. The molecule has 0 aliphatic carbocycles. The lowest BCUT2D eigenvalue weighted by molar-refractivity contribution is -0.124. The summed E-state index contributed by atoms with van der Waals surface area (Å²) in [5.74, 6) is -1.29. The van der Waals surface area contributed by atoms with Crippen LogP contribution < -0.4 is 10.6 Å². The number of amides is 2. The van der Waals surface area contributed by atoms with Gasteiger partial charge in [-0.25, -0.2) is 4.39 Å². The molecule has 156 valence electrons. The molecular weight excluding hydrogens is 387 g/mol. The van der Waals surface area contributed by atoms with Crippen molar-refractivity contribution in [1.29, 1.82) is 0 Å². The summed E-state index contributed by atoms with van der Waals surface area (Å²) in [5, 5.41) is 16.0. The van der Waals surface area contributed by atoms with Gasteiger partial charge >= 0.3 is 0 Å². The van der Waals surface area contributed by atoms with Crippen LogP contribution in [0.3, 0.4) is 0 Å². The monoisotopic (exact) mass is 410 g/mol. The molecule has 6 nitrogen and oxygen atoms in total. The third-order valence-electron chi connectivity index (χ3n) is 4.72. The highest BCUT2D eigenvalue weighted by atomic mass is 19.1. The van der Waals surface area contributed by atoms with Crippen LogP contribution in [0.15, 0.2) is 77.4 Å². The van der Waals surface area contributed by atoms with Crippen LogP contribution >= 0.6 is 0 Å². The summed E-state index contributed by atoms with van der Waals surface area (Å²) in [5.41, 5.74) is -0.0859. The topological polar surface area (TPSA) is 91.6 Å². The van der Waals surface area contributed by atoms with Crippen LogP contribution in [0.2, 0.25) is 0 Å². The highest BCUT2D eigenvalue weighted by Crippen LogP contribution is 2.20. The SMILES string of the molecule is CC(O)(CNC(=O)C(Cc1ccccc1)NC(=O)c1ccco1)c1ccc(F)cc1. The predicted octanol–water partition coefficient (Wildman–Crippen LogP) is 2.78. The molecule has 2 unspecified atom stereocenters. The minimum Gasteiger partial charge on any atom is -0.459 e. The maximum Gasteiger partial charge on any atom is 0.287 e. The largest absolute Gasteiger partial charge is 0.459 e. The quantitative estimate of drug-likeness (QED) is 0.533. The second-order valence-corrected chi connectivity index (χ2v) is 7.19. The average molecular weight is 410 g/mol. The van der Waals surface area contributed by atoms with Crippen LogP contribution in [0.5, 0.6) is 0 Å². The lowest BCUT2D eigenvalue weighted by atomic mass is 9.95. The van der Waals surface area contributed by atoms with Crippen LogP contribution in [0.25, 0.3) is 0 Å². The molecule has 2 amide bonds. The first-order chi connectivity index (χ1) is 14.3. The summed E-state index contributed by atoms with van der Waals surface area (Å²) in [6.45, 7) is 1.41. The van der Waals surface area contributed by atoms with Crippen LogP contribution in [0.4, 0.5) is 4.39 Å². The summed E-state index contributed by atoms with van der Waals surface area (Å²) >= 11 is 0. The first-order valence-corrected chi connectivity index (χ1v) is 9.49. The van der Waals surface area contributed by atoms with Gasteiger partial charge in [-0.2, -0.15) is 0 Å². The lowest BCUT2D eigenvalue weighted by Crippen LogP contribution is -2.50. The molecule has 0 bridgehead atoms. The Morgan fingerprint density at radius 2 is 1.77 bits per heavy atom. The Bertz CT molecular complexity index is 970. The van der Waals surface area contributed by atoms with E-state index in [1.807, 2.05) is 30.3 Å². The molecule has 0 fully saturated rings. The molecule has 1 heterocycles. The van der Waals surface area contributed by atoms with Crippen molar-refractivity contribution in [2.75, 3.05) is 6.54 Å². The molecule has 3 rings (SSSR count). The molecule has 3 aromatic rings. The van der Waals surface area contributed by atoms with E-state index in [4.69, 9.17) is 4.42 Å². The van der Waals surface area contributed by atoms with Gasteiger partial charge in [0, 0.05) is 6.42 Å². The average Bonchev–Trinajstić information content (AvgIpc) is 3.28. The molecule has 2 aromatic carbocycles. The van der Waals surface area contributed by atoms with Crippen LogP contribution in [-0.4, -0.2) is 29.5 Å². The third kappa shape index (κ3) is 5.55.